The minimum Gasteiger partial charge on any atom is -0.467 e. The molecule has 5 nitrogen and oxygen atoms in total. The van der Waals surface area contributed by atoms with Gasteiger partial charge in [0.05, 0.1) is 12.8 Å². The molecule has 3 aromatic rings. The van der Waals surface area contributed by atoms with E-state index < -0.39 is 0 Å². The fourth-order valence-electron chi connectivity index (χ4n) is 2.54. The molecule has 0 bridgehead atoms. The highest BCUT2D eigenvalue weighted by Gasteiger charge is 2.11. The Morgan fingerprint density at radius 1 is 0.885 bits per heavy atom. The summed E-state index contributed by atoms with van der Waals surface area (Å²) in [7, 11) is 0. The Morgan fingerprint density at radius 3 is 2.23 bits per heavy atom. The molecule has 5 heteroatoms. The zero-order valence-electron chi connectivity index (χ0n) is 14.7. The van der Waals surface area contributed by atoms with Crippen molar-refractivity contribution in [3.05, 3.63) is 88.9 Å². The standard InChI is InChI=1S/C21H20N2O3/c1-14-5-3-7-19(15(14)2)23-21(25)17-10-8-16(9-11-17)20(24)22-13-18-6-4-12-26-18/h3-12H,13H2,1-2H3,(H,22,24)(H,23,25). The summed E-state index contributed by atoms with van der Waals surface area (Å²) in [5.74, 6) is 0.256. The first-order valence-electron chi connectivity index (χ1n) is 8.33. The van der Waals surface area contributed by atoms with E-state index in [0.29, 0.717) is 23.4 Å². The monoisotopic (exact) mass is 348 g/mol. The van der Waals surface area contributed by atoms with Gasteiger partial charge in [0.25, 0.3) is 11.8 Å². The highest BCUT2D eigenvalue weighted by atomic mass is 16.3. The second kappa shape index (κ2) is 7.70. The van der Waals surface area contributed by atoms with E-state index in [1.807, 2.05) is 32.0 Å². The van der Waals surface area contributed by atoms with Crippen LogP contribution in [0.2, 0.25) is 0 Å². The molecule has 1 heterocycles. The number of amides is 2. The Balaban J connectivity index is 1.64. The Labute approximate surface area is 152 Å². The molecule has 2 amide bonds. The molecule has 1 aromatic heterocycles. The van der Waals surface area contributed by atoms with Crippen molar-refractivity contribution in [2.24, 2.45) is 0 Å². The summed E-state index contributed by atoms with van der Waals surface area (Å²) in [5, 5.41) is 5.68. The van der Waals surface area contributed by atoms with Gasteiger partial charge in [-0.15, -0.1) is 0 Å². The van der Waals surface area contributed by atoms with Crippen LogP contribution in [-0.4, -0.2) is 11.8 Å². The van der Waals surface area contributed by atoms with Gasteiger partial charge < -0.3 is 15.1 Å². The number of hydrogen-bond donors (Lipinski definition) is 2. The first kappa shape index (κ1) is 17.5. The maximum atomic E-state index is 12.4. The van der Waals surface area contributed by atoms with Crippen LogP contribution in [0.25, 0.3) is 0 Å². The number of benzene rings is 2. The van der Waals surface area contributed by atoms with Crippen LogP contribution in [0.3, 0.4) is 0 Å². The summed E-state index contributed by atoms with van der Waals surface area (Å²) < 4.78 is 5.18. The van der Waals surface area contributed by atoms with Gasteiger partial charge >= 0.3 is 0 Å². The first-order chi connectivity index (χ1) is 12.5. The van der Waals surface area contributed by atoms with Gasteiger partial charge in [0, 0.05) is 16.8 Å². The lowest BCUT2D eigenvalue weighted by molar-refractivity contribution is 0.0946. The molecule has 3 rings (SSSR count). The average molecular weight is 348 g/mol. The topological polar surface area (TPSA) is 71.3 Å². The van der Waals surface area contributed by atoms with Crippen molar-refractivity contribution in [1.29, 1.82) is 0 Å². The van der Waals surface area contributed by atoms with Crippen LogP contribution in [-0.2, 0) is 6.54 Å². The van der Waals surface area contributed by atoms with Gasteiger partial charge in [-0.3, -0.25) is 9.59 Å². The van der Waals surface area contributed by atoms with Gasteiger partial charge in [0.2, 0.25) is 0 Å². The molecule has 2 N–H and O–H groups in total. The lowest BCUT2D eigenvalue weighted by atomic mass is 10.1. The van der Waals surface area contributed by atoms with Gasteiger partial charge in [-0.1, -0.05) is 12.1 Å². The lowest BCUT2D eigenvalue weighted by Gasteiger charge is -2.10. The summed E-state index contributed by atoms with van der Waals surface area (Å²) in [6, 6.07) is 15.9. The number of rotatable bonds is 5. The average Bonchev–Trinajstić information content (AvgIpc) is 3.17. The number of aryl methyl sites for hydroxylation is 1. The Kier molecular flexibility index (Phi) is 5.17. The van der Waals surface area contributed by atoms with Crippen molar-refractivity contribution in [2.45, 2.75) is 20.4 Å². The molecule has 0 spiro atoms. The van der Waals surface area contributed by atoms with Crippen LogP contribution in [0.5, 0.6) is 0 Å². The first-order valence-corrected chi connectivity index (χ1v) is 8.33. The summed E-state index contributed by atoms with van der Waals surface area (Å²) in [5.41, 5.74) is 3.92. The number of carbonyl (C=O) groups excluding carboxylic acids is 2. The highest BCUT2D eigenvalue weighted by Crippen LogP contribution is 2.19. The molecule has 0 saturated carbocycles. The maximum Gasteiger partial charge on any atom is 0.255 e. The molecule has 132 valence electrons. The van der Waals surface area contributed by atoms with Gasteiger partial charge in [-0.25, -0.2) is 0 Å². The van der Waals surface area contributed by atoms with E-state index in [2.05, 4.69) is 10.6 Å². The number of nitrogens with one attached hydrogen (secondary N) is 2. The third kappa shape index (κ3) is 4.00. The predicted octanol–water partition coefficient (Wildman–Crippen LogP) is 4.08. The molecule has 0 fully saturated rings. The third-order valence-electron chi connectivity index (χ3n) is 4.27. The quantitative estimate of drug-likeness (QED) is 0.730. The maximum absolute atomic E-state index is 12.4. The van der Waals surface area contributed by atoms with Crippen LogP contribution in [0.1, 0.15) is 37.6 Å². The summed E-state index contributed by atoms with van der Waals surface area (Å²) in [6.07, 6.45) is 1.56. The Hall–Kier alpha value is -3.34. The minimum absolute atomic E-state index is 0.207. The van der Waals surface area contributed by atoms with Crippen LogP contribution in [0.4, 0.5) is 5.69 Å². The SMILES string of the molecule is Cc1cccc(NC(=O)c2ccc(C(=O)NCc3ccco3)cc2)c1C. The van der Waals surface area contributed by atoms with E-state index in [9.17, 15) is 9.59 Å². The molecule has 0 saturated heterocycles. The second-order valence-corrected chi connectivity index (χ2v) is 6.04. The van der Waals surface area contributed by atoms with E-state index in [1.165, 1.54) is 0 Å². The number of furan rings is 1. The second-order valence-electron chi connectivity index (χ2n) is 6.04. The van der Waals surface area contributed by atoms with E-state index in [-0.39, 0.29) is 11.8 Å². The molecule has 0 atom stereocenters. The molecule has 2 aromatic carbocycles. The summed E-state index contributed by atoms with van der Waals surface area (Å²) in [6.45, 7) is 4.29. The normalized spacial score (nSPS) is 10.4. The van der Waals surface area contributed by atoms with Gasteiger partial charge in [-0.05, 0) is 67.4 Å². The van der Waals surface area contributed by atoms with Crippen LogP contribution in [0, 0.1) is 13.8 Å². The zero-order valence-corrected chi connectivity index (χ0v) is 14.7. The number of anilines is 1. The van der Waals surface area contributed by atoms with Gasteiger partial charge in [0.15, 0.2) is 0 Å². The highest BCUT2D eigenvalue weighted by molar-refractivity contribution is 6.05. The molecule has 0 unspecified atom stereocenters. The van der Waals surface area contributed by atoms with Crippen molar-refractivity contribution < 1.29 is 14.0 Å². The molecule has 26 heavy (non-hydrogen) atoms. The molecule has 0 radical (unpaired) electrons. The summed E-state index contributed by atoms with van der Waals surface area (Å²) in [4.78, 5) is 24.6. The van der Waals surface area contributed by atoms with E-state index >= 15 is 0 Å². The molecule has 0 aliphatic carbocycles. The van der Waals surface area contributed by atoms with Crippen LogP contribution >= 0.6 is 0 Å². The van der Waals surface area contributed by atoms with Crippen molar-refractivity contribution in [3.63, 3.8) is 0 Å². The molecular formula is C21H20N2O3. The summed E-state index contributed by atoms with van der Waals surface area (Å²) >= 11 is 0. The van der Waals surface area contributed by atoms with E-state index in [0.717, 1.165) is 16.8 Å². The van der Waals surface area contributed by atoms with Crippen molar-refractivity contribution in [2.75, 3.05) is 5.32 Å². The van der Waals surface area contributed by atoms with E-state index in [1.54, 1.807) is 42.7 Å². The Bertz CT molecular complexity index is 913. The largest absolute Gasteiger partial charge is 0.467 e. The smallest absolute Gasteiger partial charge is 0.255 e. The van der Waals surface area contributed by atoms with Gasteiger partial charge in [-0.2, -0.15) is 0 Å². The molecule has 0 aliphatic heterocycles. The van der Waals surface area contributed by atoms with Crippen molar-refractivity contribution >= 4 is 17.5 Å². The fraction of sp³-hybridized carbons (Fsp3) is 0.143. The van der Waals surface area contributed by atoms with Crippen LogP contribution < -0.4 is 10.6 Å². The molecule has 0 aliphatic rings. The minimum atomic E-state index is -0.220. The van der Waals surface area contributed by atoms with Crippen LogP contribution in [0.15, 0.2) is 65.3 Å². The van der Waals surface area contributed by atoms with Gasteiger partial charge in [0.1, 0.15) is 5.76 Å². The predicted molar refractivity (Wildman–Crippen MR) is 100 cm³/mol. The Morgan fingerprint density at radius 2 is 1.58 bits per heavy atom. The third-order valence-corrected chi connectivity index (χ3v) is 4.27. The van der Waals surface area contributed by atoms with Crippen molar-refractivity contribution in [1.82, 2.24) is 5.32 Å². The number of carbonyl (C=O) groups is 2. The fourth-order valence-corrected chi connectivity index (χ4v) is 2.54. The van der Waals surface area contributed by atoms with Crippen molar-refractivity contribution in [3.8, 4) is 0 Å². The van der Waals surface area contributed by atoms with E-state index in [4.69, 9.17) is 4.42 Å². The molecular weight excluding hydrogens is 328 g/mol. The zero-order chi connectivity index (χ0) is 18.5. The number of hydrogen-bond acceptors (Lipinski definition) is 3. The lowest BCUT2D eigenvalue weighted by Crippen LogP contribution is -2.22.